The number of nitrogens with zero attached hydrogens (tertiary/aromatic N) is 1. The molecule has 0 saturated carbocycles. The molecule has 0 heterocycles. The van der Waals surface area contributed by atoms with Gasteiger partial charge in [0.15, 0.2) is 11.5 Å². The summed E-state index contributed by atoms with van der Waals surface area (Å²) in [7, 11) is 3.17. The molecule has 0 atom stereocenters. The summed E-state index contributed by atoms with van der Waals surface area (Å²) in [6.45, 7) is 3.24. The maximum atomic E-state index is 13.2. The van der Waals surface area contributed by atoms with Crippen LogP contribution in [0.1, 0.15) is 18.9 Å². The second kappa shape index (κ2) is 14.8. The van der Waals surface area contributed by atoms with Crippen LogP contribution in [0, 0.1) is 3.57 Å². The van der Waals surface area contributed by atoms with Crippen LogP contribution >= 0.6 is 34.4 Å². The fraction of sp³-hybridized carbons (Fsp3) is 0.360. The summed E-state index contributed by atoms with van der Waals surface area (Å²) < 4.78 is 16.6. The number of ether oxygens (including phenoxy) is 3. The van der Waals surface area contributed by atoms with Gasteiger partial charge in [0, 0.05) is 33.4 Å². The van der Waals surface area contributed by atoms with Gasteiger partial charge in [-0.3, -0.25) is 4.79 Å². The molecule has 6 nitrogen and oxygen atoms in total. The Bertz CT molecular complexity index is 936. The Labute approximate surface area is 213 Å². The first kappa shape index (κ1) is 27.0. The molecule has 0 unspecified atom stereocenters. The van der Waals surface area contributed by atoms with E-state index in [1.54, 1.807) is 39.0 Å². The fourth-order valence-electron chi connectivity index (χ4n) is 3.06. The molecule has 33 heavy (non-hydrogen) atoms. The molecule has 0 radical (unpaired) electrons. The molecule has 0 aliphatic carbocycles. The van der Waals surface area contributed by atoms with Crippen molar-refractivity contribution in [3.8, 4) is 11.5 Å². The van der Waals surface area contributed by atoms with Crippen molar-refractivity contribution < 1.29 is 23.8 Å². The van der Waals surface area contributed by atoms with E-state index in [4.69, 9.17) is 14.2 Å². The van der Waals surface area contributed by atoms with Crippen molar-refractivity contribution in [2.45, 2.75) is 24.7 Å². The summed E-state index contributed by atoms with van der Waals surface area (Å²) in [5, 5.41) is 0. The lowest BCUT2D eigenvalue weighted by atomic mass is 10.1. The second-order valence-electron chi connectivity index (χ2n) is 6.96. The monoisotopic (exact) mass is 583 g/mol. The molecule has 0 aliphatic heterocycles. The number of hydrogen-bond acceptors (Lipinski definition) is 6. The lowest BCUT2D eigenvalue weighted by molar-refractivity contribution is -0.137. The van der Waals surface area contributed by atoms with E-state index < -0.39 is 0 Å². The van der Waals surface area contributed by atoms with Gasteiger partial charge in [0.2, 0.25) is 5.91 Å². The molecule has 0 aromatic heterocycles. The first-order valence-corrected chi connectivity index (χ1v) is 12.7. The lowest BCUT2D eigenvalue weighted by Gasteiger charge is -2.23. The third kappa shape index (κ3) is 9.29. The fourth-order valence-corrected chi connectivity index (χ4v) is 4.58. The van der Waals surface area contributed by atoms with Crippen LogP contribution in [0.3, 0.4) is 0 Å². The van der Waals surface area contributed by atoms with Crippen LogP contribution in [0.5, 0.6) is 11.5 Å². The Kier molecular flexibility index (Phi) is 12.2. The van der Waals surface area contributed by atoms with Crippen LogP contribution in [-0.2, 0) is 20.7 Å². The number of amides is 1. The molecular weight excluding hydrogens is 553 g/mol. The van der Waals surface area contributed by atoms with Crippen molar-refractivity contribution in [1.29, 1.82) is 0 Å². The van der Waals surface area contributed by atoms with Crippen molar-refractivity contribution in [1.82, 2.24) is 4.90 Å². The molecule has 1 amide bonds. The Balaban J connectivity index is 2.06. The zero-order valence-corrected chi connectivity index (χ0v) is 22.2. The molecule has 178 valence electrons. The number of methoxy groups -OCH3 is 2. The predicted octanol–water partition coefficient (Wildman–Crippen LogP) is 4.98. The van der Waals surface area contributed by atoms with Crippen molar-refractivity contribution >= 4 is 46.2 Å². The standard InChI is InChI=1S/C25H30INO5S/c1-4-32-25(29)12-8-9-13-27(14-15-33-20-10-6-5-7-11-20)24(28)17-19-16-22(30-2)23(31-3)18-21(19)26/h5-8,10-12,16,18H,4,9,13-15,17H2,1-3H3/b12-8+. The van der Waals surface area contributed by atoms with E-state index in [0.29, 0.717) is 37.6 Å². The molecule has 8 heteroatoms. The van der Waals surface area contributed by atoms with Gasteiger partial charge in [0.05, 0.1) is 27.2 Å². The van der Waals surface area contributed by atoms with Crippen LogP contribution in [0.15, 0.2) is 59.5 Å². The van der Waals surface area contributed by atoms with Gasteiger partial charge < -0.3 is 19.1 Å². The first-order chi connectivity index (χ1) is 16.0. The van der Waals surface area contributed by atoms with Crippen LogP contribution in [0.25, 0.3) is 0 Å². The molecule has 0 saturated heterocycles. The number of thioether (sulfide) groups is 1. The minimum Gasteiger partial charge on any atom is -0.493 e. The summed E-state index contributed by atoms with van der Waals surface area (Å²) in [6, 6.07) is 13.8. The van der Waals surface area contributed by atoms with E-state index in [9.17, 15) is 9.59 Å². The Morgan fingerprint density at radius 2 is 1.76 bits per heavy atom. The highest BCUT2D eigenvalue weighted by atomic mass is 127. The van der Waals surface area contributed by atoms with Gasteiger partial charge >= 0.3 is 5.97 Å². The average molecular weight is 583 g/mol. The van der Waals surface area contributed by atoms with E-state index in [0.717, 1.165) is 14.9 Å². The maximum absolute atomic E-state index is 13.2. The van der Waals surface area contributed by atoms with Gasteiger partial charge in [0.1, 0.15) is 0 Å². The maximum Gasteiger partial charge on any atom is 0.330 e. The van der Waals surface area contributed by atoms with E-state index in [1.165, 1.54) is 11.0 Å². The Morgan fingerprint density at radius 1 is 1.06 bits per heavy atom. The van der Waals surface area contributed by atoms with Gasteiger partial charge in [-0.2, -0.15) is 0 Å². The van der Waals surface area contributed by atoms with Crippen molar-refractivity contribution in [3.05, 3.63) is 63.8 Å². The highest BCUT2D eigenvalue weighted by Gasteiger charge is 2.17. The highest BCUT2D eigenvalue weighted by Crippen LogP contribution is 2.31. The van der Waals surface area contributed by atoms with Crippen LogP contribution in [0.2, 0.25) is 0 Å². The van der Waals surface area contributed by atoms with Gasteiger partial charge in [-0.15, -0.1) is 11.8 Å². The van der Waals surface area contributed by atoms with Crippen LogP contribution < -0.4 is 9.47 Å². The second-order valence-corrected chi connectivity index (χ2v) is 9.29. The van der Waals surface area contributed by atoms with Gasteiger partial charge in [-0.05, 0) is 65.8 Å². The number of carbonyl (C=O) groups is 2. The normalized spacial score (nSPS) is 10.8. The van der Waals surface area contributed by atoms with Crippen molar-refractivity contribution in [3.63, 3.8) is 0 Å². The number of carbonyl (C=O) groups excluding carboxylic acids is 2. The molecule has 0 N–H and O–H groups in total. The van der Waals surface area contributed by atoms with Gasteiger partial charge in [-0.1, -0.05) is 24.3 Å². The van der Waals surface area contributed by atoms with Gasteiger partial charge in [-0.25, -0.2) is 4.79 Å². The molecule has 0 aliphatic rings. The highest BCUT2D eigenvalue weighted by molar-refractivity contribution is 14.1. The van der Waals surface area contributed by atoms with E-state index >= 15 is 0 Å². The topological polar surface area (TPSA) is 65.1 Å². The minimum absolute atomic E-state index is 0.0262. The number of hydrogen-bond donors (Lipinski definition) is 0. The number of rotatable bonds is 13. The summed E-state index contributed by atoms with van der Waals surface area (Å²) >= 11 is 3.93. The summed E-state index contributed by atoms with van der Waals surface area (Å²) in [4.78, 5) is 27.8. The summed E-state index contributed by atoms with van der Waals surface area (Å²) in [5.41, 5.74) is 0.890. The number of benzene rings is 2. The first-order valence-electron chi connectivity index (χ1n) is 10.7. The average Bonchev–Trinajstić information content (AvgIpc) is 2.82. The SMILES string of the molecule is CCOC(=O)/C=C/CCN(CCSc1ccccc1)C(=O)Cc1cc(OC)c(OC)cc1I. The third-order valence-corrected chi connectivity index (χ3v) is 6.72. The van der Waals surface area contributed by atoms with E-state index in [2.05, 4.69) is 34.7 Å². The van der Waals surface area contributed by atoms with Crippen molar-refractivity contribution in [2.75, 3.05) is 39.7 Å². The molecule has 2 rings (SSSR count). The molecule has 2 aromatic carbocycles. The molecule has 0 bridgehead atoms. The predicted molar refractivity (Wildman–Crippen MR) is 140 cm³/mol. The van der Waals surface area contributed by atoms with Gasteiger partial charge in [0.25, 0.3) is 0 Å². The van der Waals surface area contributed by atoms with E-state index in [-0.39, 0.29) is 18.3 Å². The molecule has 2 aromatic rings. The minimum atomic E-state index is -0.366. The molecule has 0 spiro atoms. The smallest absolute Gasteiger partial charge is 0.330 e. The van der Waals surface area contributed by atoms with Crippen LogP contribution in [0.4, 0.5) is 0 Å². The third-order valence-electron chi connectivity index (χ3n) is 4.73. The Hall–Kier alpha value is -2.20. The van der Waals surface area contributed by atoms with E-state index in [1.807, 2.05) is 35.2 Å². The lowest BCUT2D eigenvalue weighted by Crippen LogP contribution is -2.35. The number of esters is 1. The summed E-state index contributed by atoms with van der Waals surface area (Å²) in [5.74, 6) is 1.68. The quantitative estimate of drug-likeness (QED) is 0.144. The zero-order chi connectivity index (χ0) is 24.1. The largest absolute Gasteiger partial charge is 0.493 e. The summed E-state index contributed by atoms with van der Waals surface area (Å²) in [6.07, 6.45) is 4.00. The van der Waals surface area contributed by atoms with Crippen molar-refractivity contribution in [2.24, 2.45) is 0 Å². The number of halogens is 1. The Morgan fingerprint density at radius 3 is 2.42 bits per heavy atom. The molecular formula is C25H30INO5S. The van der Waals surface area contributed by atoms with Crippen LogP contribution in [-0.4, -0.2) is 56.4 Å². The zero-order valence-electron chi connectivity index (χ0n) is 19.2. The molecule has 0 fully saturated rings.